The number of nitriles is 1. The molecule has 0 fully saturated rings. The van der Waals surface area contributed by atoms with Crippen LogP contribution in [0.1, 0.15) is 26.9 Å². The summed E-state index contributed by atoms with van der Waals surface area (Å²) < 4.78 is 114. The highest BCUT2D eigenvalue weighted by atomic mass is 32.1. The predicted molar refractivity (Wildman–Crippen MR) is 91.4 cm³/mol. The maximum Gasteiger partial charge on any atom is 0.198 e. The fourth-order valence-electron chi connectivity index (χ4n) is 4.03. The van der Waals surface area contributed by atoms with Crippen molar-refractivity contribution in [3.05, 3.63) is 67.4 Å². The number of thiophene rings is 1. The molecule has 0 saturated heterocycles. The summed E-state index contributed by atoms with van der Waals surface area (Å²) in [5, 5.41) is 19.2. The lowest BCUT2D eigenvalue weighted by atomic mass is 9.97. The minimum atomic E-state index is -2.20. The van der Waals surface area contributed by atoms with Gasteiger partial charge in [0.1, 0.15) is 0 Å². The van der Waals surface area contributed by atoms with Gasteiger partial charge in [-0.25, -0.2) is 35.1 Å². The third-order valence-corrected chi connectivity index (χ3v) is 6.51. The van der Waals surface area contributed by atoms with Crippen molar-refractivity contribution in [2.24, 2.45) is 0 Å². The molecule has 0 saturated carbocycles. The van der Waals surface area contributed by atoms with Gasteiger partial charge in [-0.2, -0.15) is 5.26 Å². The molecule has 1 heterocycles. The molecule has 2 aromatic carbocycles. The van der Waals surface area contributed by atoms with E-state index in [1.165, 1.54) is 6.19 Å². The first kappa shape index (κ1) is 19.5. The lowest BCUT2D eigenvalue weighted by Gasteiger charge is -2.13. The normalized spacial score (nSPS) is 15.5. The maximum absolute atomic E-state index is 14.7. The van der Waals surface area contributed by atoms with Gasteiger partial charge in [0.2, 0.25) is 0 Å². The van der Waals surface area contributed by atoms with Gasteiger partial charge >= 0.3 is 0 Å². The molecule has 2 aliphatic rings. The van der Waals surface area contributed by atoms with Gasteiger partial charge in [0.15, 0.2) is 52.7 Å². The molecule has 0 amide bonds. The molecule has 0 spiro atoms. The highest BCUT2D eigenvalue weighted by Crippen LogP contribution is 2.59. The molecule has 1 aromatic heterocycles. The summed E-state index contributed by atoms with van der Waals surface area (Å²) >= 11 is 0.544. The maximum atomic E-state index is 14.7. The van der Waals surface area contributed by atoms with Gasteiger partial charge in [-0.05, 0) is 0 Å². The van der Waals surface area contributed by atoms with Crippen LogP contribution >= 0.6 is 11.3 Å². The average molecular weight is 457 g/mol. The molecule has 1 atom stereocenters. The van der Waals surface area contributed by atoms with Gasteiger partial charge in [-0.15, -0.1) is 11.3 Å². The molecule has 3 aromatic rings. The summed E-state index contributed by atoms with van der Waals surface area (Å²) in [5.41, 5.74) is -5.29. The van der Waals surface area contributed by atoms with Crippen molar-refractivity contribution in [3.63, 3.8) is 0 Å². The molecule has 31 heavy (non-hydrogen) atoms. The van der Waals surface area contributed by atoms with E-state index in [0.717, 1.165) is 0 Å². The lowest BCUT2D eigenvalue weighted by molar-refractivity contribution is 0.404. The summed E-state index contributed by atoms with van der Waals surface area (Å²) in [6, 6.07) is -1.54. The summed E-state index contributed by atoms with van der Waals surface area (Å²) in [7, 11) is 0. The Morgan fingerprint density at radius 3 is 1.77 bits per heavy atom. The van der Waals surface area contributed by atoms with Crippen LogP contribution in [0.4, 0.5) is 35.1 Å². The van der Waals surface area contributed by atoms with Crippen molar-refractivity contribution in [3.8, 4) is 28.4 Å². The highest BCUT2D eigenvalue weighted by molar-refractivity contribution is 7.16. The molecule has 2 N–H and O–H groups in total. The first-order valence-electron chi connectivity index (χ1n) is 8.26. The molecule has 0 bridgehead atoms. The smallest absolute Gasteiger partial charge is 0.198 e. The summed E-state index contributed by atoms with van der Waals surface area (Å²) in [5.74, 6) is -16.1. The van der Waals surface area contributed by atoms with Crippen LogP contribution in [0.15, 0.2) is 0 Å². The molecule has 12 heteroatoms. The third-order valence-electron chi connectivity index (χ3n) is 5.24. The van der Waals surface area contributed by atoms with Crippen molar-refractivity contribution in [2.45, 2.75) is 6.04 Å². The van der Waals surface area contributed by atoms with E-state index in [4.69, 9.17) is 10.7 Å². The second-order valence-electron chi connectivity index (χ2n) is 6.66. The Labute approximate surface area is 170 Å². The zero-order valence-corrected chi connectivity index (χ0v) is 15.3. The van der Waals surface area contributed by atoms with Crippen LogP contribution in [0.5, 0.6) is 0 Å². The van der Waals surface area contributed by atoms with E-state index in [-0.39, 0.29) is 9.75 Å². The van der Waals surface area contributed by atoms with Gasteiger partial charge in [-0.1, -0.05) is 0 Å². The van der Waals surface area contributed by atoms with Crippen molar-refractivity contribution in [1.82, 2.24) is 5.32 Å². The minimum absolute atomic E-state index is 0.135. The van der Waals surface area contributed by atoms with Gasteiger partial charge in [-0.3, -0.25) is 5.41 Å². The molecule has 156 valence electrons. The van der Waals surface area contributed by atoms with E-state index < -0.39 is 91.7 Å². The Balaban J connectivity index is 1.97. The van der Waals surface area contributed by atoms with Crippen LogP contribution in [-0.4, -0.2) is 5.71 Å². The SMILES string of the molecule is N#CNC1c2sc3c(c2-c2c(F)c(F)c(F)c(F)c21)-c1c(F)c(F)c(F)c(F)c1C3=N. The summed E-state index contributed by atoms with van der Waals surface area (Å²) in [4.78, 5) is -0.396. The van der Waals surface area contributed by atoms with Crippen molar-refractivity contribution in [2.75, 3.05) is 0 Å². The number of halogens is 8. The Kier molecular flexibility index (Phi) is 3.80. The summed E-state index contributed by atoms with van der Waals surface area (Å²) in [6.45, 7) is 0. The molecule has 0 aliphatic heterocycles. The average Bonchev–Trinajstić information content (AvgIpc) is 3.35. The van der Waals surface area contributed by atoms with Gasteiger partial charge < -0.3 is 5.32 Å². The number of fused-ring (bicyclic) bond motifs is 7. The van der Waals surface area contributed by atoms with Crippen LogP contribution in [0, 0.1) is 63.4 Å². The van der Waals surface area contributed by atoms with Crippen LogP contribution in [-0.2, 0) is 0 Å². The molecule has 0 radical (unpaired) electrons. The van der Waals surface area contributed by atoms with E-state index >= 15 is 0 Å². The molecule has 1 unspecified atom stereocenters. The third kappa shape index (κ3) is 2.09. The van der Waals surface area contributed by atoms with Crippen molar-refractivity contribution in [1.29, 1.82) is 10.7 Å². The second kappa shape index (κ2) is 6.04. The fourth-order valence-corrected chi connectivity index (χ4v) is 5.36. The zero-order valence-electron chi connectivity index (χ0n) is 14.5. The van der Waals surface area contributed by atoms with Crippen LogP contribution in [0.25, 0.3) is 22.3 Å². The first-order valence-corrected chi connectivity index (χ1v) is 9.08. The van der Waals surface area contributed by atoms with Crippen molar-refractivity contribution < 1.29 is 35.1 Å². The van der Waals surface area contributed by atoms with E-state index in [1.54, 1.807) is 0 Å². The second-order valence-corrected chi connectivity index (χ2v) is 7.71. The van der Waals surface area contributed by atoms with E-state index in [2.05, 4.69) is 5.32 Å². The first-order chi connectivity index (χ1) is 14.6. The van der Waals surface area contributed by atoms with Gasteiger partial charge in [0.25, 0.3) is 0 Å². The standard InChI is InChI=1S/C19H3F8N3S/c20-8-2-4-5-3-7(11(23)15(27)13(25)9(3)21)17(30-1-28)19(5)31-18(4)16(29)6(2)10(22)14(26)12(8)24/h17,29-30H. The Morgan fingerprint density at radius 1 is 0.677 bits per heavy atom. The minimum Gasteiger partial charge on any atom is -0.311 e. The largest absolute Gasteiger partial charge is 0.311 e. The van der Waals surface area contributed by atoms with E-state index in [9.17, 15) is 35.1 Å². The van der Waals surface area contributed by atoms with Crippen LogP contribution in [0.3, 0.4) is 0 Å². The lowest BCUT2D eigenvalue weighted by Crippen LogP contribution is -2.16. The number of benzene rings is 2. The predicted octanol–water partition coefficient (Wildman–Crippen LogP) is 5.40. The van der Waals surface area contributed by atoms with Gasteiger partial charge in [0.05, 0.1) is 22.2 Å². The quantitative estimate of drug-likeness (QED) is 0.132. The molecular formula is C19H3F8N3S. The topological polar surface area (TPSA) is 59.7 Å². The number of nitrogens with zero attached hydrogens (tertiary/aromatic N) is 1. The number of hydrogen-bond acceptors (Lipinski definition) is 4. The Bertz CT molecular complexity index is 1440. The molecule has 2 aliphatic carbocycles. The van der Waals surface area contributed by atoms with E-state index in [0.29, 0.717) is 11.3 Å². The number of nitrogens with one attached hydrogen (secondary N) is 2. The van der Waals surface area contributed by atoms with Crippen LogP contribution in [0.2, 0.25) is 0 Å². The number of rotatable bonds is 1. The number of hydrogen-bond donors (Lipinski definition) is 2. The molecular weight excluding hydrogens is 454 g/mol. The fraction of sp³-hybridized carbons (Fsp3) is 0.0526. The zero-order chi connectivity index (χ0) is 22.5. The Hall–Kier alpha value is -3.46. The van der Waals surface area contributed by atoms with Crippen LogP contribution < -0.4 is 5.32 Å². The van der Waals surface area contributed by atoms with Crippen molar-refractivity contribution >= 4 is 17.0 Å². The highest BCUT2D eigenvalue weighted by Gasteiger charge is 2.47. The summed E-state index contributed by atoms with van der Waals surface area (Å²) in [6.07, 6.45) is 1.46. The molecule has 5 rings (SSSR count). The Morgan fingerprint density at radius 2 is 1.19 bits per heavy atom. The molecule has 3 nitrogen and oxygen atoms in total. The monoisotopic (exact) mass is 457 g/mol. The van der Waals surface area contributed by atoms with Gasteiger partial charge in [0, 0.05) is 32.7 Å². The van der Waals surface area contributed by atoms with E-state index in [1.807, 2.05) is 0 Å².